The second-order valence-electron chi connectivity index (χ2n) is 4.61. The van der Waals surface area contributed by atoms with E-state index in [1.54, 1.807) is 6.33 Å². The third-order valence-corrected chi connectivity index (χ3v) is 2.84. The normalized spacial score (nSPS) is 12.4. The van der Waals surface area contributed by atoms with E-state index in [2.05, 4.69) is 10.1 Å². The minimum absolute atomic E-state index is 0.176. The number of aryl methyl sites for hydroxylation is 1. The highest BCUT2D eigenvalue weighted by atomic mass is 16.5. The summed E-state index contributed by atoms with van der Waals surface area (Å²) in [6.07, 6.45) is 2.43. The van der Waals surface area contributed by atoms with Gasteiger partial charge in [-0.15, -0.1) is 0 Å². The van der Waals surface area contributed by atoms with Crippen molar-refractivity contribution in [2.24, 2.45) is 5.73 Å². The van der Waals surface area contributed by atoms with Gasteiger partial charge in [0.15, 0.2) is 5.82 Å². The van der Waals surface area contributed by atoms with Gasteiger partial charge in [0.25, 0.3) is 0 Å². The molecule has 0 fully saturated rings. The maximum Gasteiger partial charge on any atom is 0.164 e. The highest BCUT2D eigenvalue weighted by Gasteiger charge is 2.04. The van der Waals surface area contributed by atoms with E-state index in [0.717, 1.165) is 24.5 Å². The molecule has 2 rings (SSSR count). The van der Waals surface area contributed by atoms with E-state index in [4.69, 9.17) is 10.5 Å². The van der Waals surface area contributed by atoms with E-state index in [1.165, 1.54) is 5.56 Å². The van der Waals surface area contributed by atoms with Crippen LogP contribution in [0, 0.1) is 0 Å². The topological polar surface area (TPSA) is 66.0 Å². The van der Waals surface area contributed by atoms with Crippen molar-refractivity contribution in [1.29, 1.82) is 0 Å². The molecule has 19 heavy (non-hydrogen) atoms. The number of ether oxygens (including phenoxy) is 1. The molecule has 0 spiro atoms. The number of nitrogens with two attached hydrogens (primary N) is 1. The van der Waals surface area contributed by atoms with E-state index in [0.29, 0.717) is 6.61 Å². The lowest BCUT2D eigenvalue weighted by Gasteiger charge is -2.08. The van der Waals surface area contributed by atoms with Crippen LogP contribution in [0.2, 0.25) is 0 Å². The molecule has 0 saturated heterocycles. The summed E-state index contributed by atoms with van der Waals surface area (Å²) in [6, 6.07) is 8.19. The fourth-order valence-electron chi connectivity index (χ4n) is 1.91. The van der Waals surface area contributed by atoms with Crippen LogP contribution in [0.4, 0.5) is 0 Å². The van der Waals surface area contributed by atoms with E-state index >= 15 is 0 Å². The molecule has 2 aromatic rings. The Morgan fingerprint density at radius 2 is 2.05 bits per heavy atom. The molecule has 0 amide bonds. The molecule has 0 radical (unpaired) electrons. The molecular formula is C14H20N4O. The lowest BCUT2D eigenvalue weighted by atomic mass is 10.1. The van der Waals surface area contributed by atoms with Crippen molar-refractivity contribution >= 4 is 0 Å². The molecule has 0 saturated carbocycles. The Labute approximate surface area is 113 Å². The Hall–Kier alpha value is -1.88. The lowest BCUT2D eigenvalue weighted by molar-refractivity contribution is 0.287. The fraction of sp³-hybridized carbons (Fsp3) is 0.429. The number of hydrogen-bond donors (Lipinski definition) is 1. The predicted octanol–water partition coefficient (Wildman–Crippen LogP) is 1.77. The van der Waals surface area contributed by atoms with Crippen LogP contribution in [-0.2, 0) is 19.6 Å². The second kappa shape index (κ2) is 6.33. The molecule has 1 aromatic carbocycles. The first-order valence-corrected chi connectivity index (χ1v) is 6.53. The van der Waals surface area contributed by atoms with Crippen LogP contribution in [0.25, 0.3) is 0 Å². The van der Waals surface area contributed by atoms with Gasteiger partial charge >= 0.3 is 0 Å². The van der Waals surface area contributed by atoms with Gasteiger partial charge < -0.3 is 10.5 Å². The van der Waals surface area contributed by atoms with Crippen molar-refractivity contribution in [3.63, 3.8) is 0 Å². The van der Waals surface area contributed by atoms with Gasteiger partial charge in [0.2, 0.25) is 0 Å². The number of nitrogens with zero attached hydrogens (tertiary/aromatic N) is 3. The number of hydrogen-bond acceptors (Lipinski definition) is 4. The maximum atomic E-state index is 5.77. The van der Waals surface area contributed by atoms with Crippen molar-refractivity contribution in [3.05, 3.63) is 42.0 Å². The Balaban J connectivity index is 1.93. The quantitative estimate of drug-likeness (QED) is 0.859. The van der Waals surface area contributed by atoms with Gasteiger partial charge in [0.1, 0.15) is 18.7 Å². The number of rotatable bonds is 6. The summed E-state index contributed by atoms with van der Waals surface area (Å²) in [5.74, 6) is 1.67. The van der Waals surface area contributed by atoms with Gasteiger partial charge in [0, 0.05) is 12.6 Å². The maximum absolute atomic E-state index is 5.77. The first-order chi connectivity index (χ1) is 9.19. The smallest absolute Gasteiger partial charge is 0.164 e. The summed E-state index contributed by atoms with van der Waals surface area (Å²) < 4.78 is 7.52. The average Bonchev–Trinajstić information content (AvgIpc) is 2.84. The molecule has 1 atom stereocenters. The minimum atomic E-state index is 0.176. The van der Waals surface area contributed by atoms with Crippen molar-refractivity contribution in [2.75, 3.05) is 0 Å². The Kier molecular flexibility index (Phi) is 4.52. The number of aromatic nitrogens is 3. The first-order valence-electron chi connectivity index (χ1n) is 6.53. The van der Waals surface area contributed by atoms with Crippen LogP contribution in [0.1, 0.15) is 25.2 Å². The highest BCUT2D eigenvalue weighted by molar-refractivity contribution is 5.27. The molecule has 102 valence electrons. The van der Waals surface area contributed by atoms with E-state index in [-0.39, 0.29) is 6.04 Å². The molecular weight excluding hydrogens is 240 g/mol. The Bertz CT molecular complexity index is 504. The first kappa shape index (κ1) is 13.5. The van der Waals surface area contributed by atoms with Crippen LogP contribution in [0.5, 0.6) is 5.75 Å². The third-order valence-electron chi connectivity index (χ3n) is 2.84. The molecule has 0 aliphatic rings. The summed E-state index contributed by atoms with van der Waals surface area (Å²) in [4.78, 5) is 4.17. The van der Waals surface area contributed by atoms with Crippen molar-refractivity contribution < 1.29 is 4.74 Å². The zero-order valence-electron chi connectivity index (χ0n) is 11.4. The molecule has 2 N–H and O–H groups in total. The minimum Gasteiger partial charge on any atom is -0.486 e. The van der Waals surface area contributed by atoms with Crippen LogP contribution >= 0.6 is 0 Å². The van der Waals surface area contributed by atoms with Gasteiger partial charge in [-0.3, -0.25) is 0 Å². The SMILES string of the molecule is CCn1ncnc1COc1ccc(CC(C)N)cc1. The van der Waals surface area contributed by atoms with Gasteiger partial charge in [-0.25, -0.2) is 9.67 Å². The van der Waals surface area contributed by atoms with E-state index < -0.39 is 0 Å². The van der Waals surface area contributed by atoms with Gasteiger partial charge in [-0.05, 0) is 38.0 Å². The number of benzene rings is 1. The van der Waals surface area contributed by atoms with Gasteiger partial charge in [0.05, 0.1) is 0 Å². The zero-order valence-corrected chi connectivity index (χ0v) is 11.4. The lowest BCUT2D eigenvalue weighted by Crippen LogP contribution is -2.17. The molecule has 5 heteroatoms. The second-order valence-corrected chi connectivity index (χ2v) is 4.61. The molecule has 1 heterocycles. The van der Waals surface area contributed by atoms with Gasteiger partial charge in [-0.1, -0.05) is 12.1 Å². The Morgan fingerprint density at radius 3 is 2.68 bits per heavy atom. The largest absolute Gasteiger partial charge is 0.486 e. The Morgan fingerprint density at radius 1 is 1.32 bits per heavy atom. The monoisotopic (exact) mass is 260 g/mol. The molecule has 0 aliphatic heterocycles. The predicted molar refractivity (Wildman–Crippen MR) is 73.8 cm³/mol. The fourth-order valence-corrected chi connectivity index (χ4v) is 1.91. The van der Waals surface area contributed by atoms with E-state index in [9.17, 15) is 0 Å². The van der Waals surface area contributed by atoms with Crippen LogP contribution in [-0.4, -0.2) is 20.8 Å². The van der Waals surface area contributed by atoms with Crippen LogP contribution in [0.15, 0.2) is 30.6 Å². The standard InChI is InChI=1S/C14H20N4O/c1-3-18-14(16-10-17-18)9-19-13-6-4-12(5-7-13)8-11(2)15/h4-7,10-11H,3,8-9,15H2,1-2H3. The molecule has 1 unspecified atom stereocenters. The zero-order chi connectivity index (χ0) is 13.7. The summed E-state index contributed by atoms with van der Waals surface area (Å²) >= 11 is 0. The summed E-state index contributed by atoms with van der Waals surface area (Å²) in [5.41, 5.74) is 6.99. The molecule has 0 bridgehead atoms. The van der Waals surface area contributed by atoms with Crippen LogP contribution < -0.4 is 10.5 Å². The summed E-state index contributed by atoms with van der Waals surface area (Å²) in [7, 11) is 0. The summed E-state index contributed by atoms with van der Waals surface area (Å²) in [5, 5.41) is 4.11. The molecule has 0 aliphatic carbocycles. The third kappa shape index (κ3) is 3.79. The molecule has 1 aromatic heterocycles. The average molecular weight is 260 g/mol. The van der Waals surface area contributed by atoms with E-state index in [1.807, 2.05) is 42.8 Å². The van der Waals surface area contributed by atoms with Crippen molar-refractivity contribution in [1.82, 2.24) is 14.8 Å². The van der Waals surface area contributed by atoms with Crippen molar-refractivity contribution in [3.8, 4) is 5.75 Å². The van der Waals surface area contributed by atoms with Crippen molar-refractivity contribution in [2.45, 2.75) is 39.5 Å². The van der Waals surface area contributed by atoms with Gasteiger partial charge in [-0.2, -0.15) is 5.10 Å². The van der Waals surface area contributed by atoms with Crippen LogP contribution in [0.3, 0.4) is 0 Å². The highest BCUT2D eigenvalue weighted by Crippen LogP contribution is 2.14. The molecule has 5 nitrogen and oxygen atoms in total. The summed E-state index contributed by atoms with van der Waals surface area (Å²) in [6.45, 7) is 5.26.